The Hall–Kier alpha value is -3.93. The maximum absolute atomic E-state index is 15.4. The van der Waals surface area contributed by atoms with Gasteiger partial charge in [-0.25, -0.2) is 9.59 Å². The van der Waals surface area contributed by atoms with Gasteiger partial charge in [0.2, 0.25) is 5.95 Å². The van der Waals surface area contributed by atoms with Crippen molar-refractivity contribution in [3.63, 3.8) is 0 Å². The second kappa shape index (κ2) is 10.3. The maximum Gasteiger partial charge on any atom is 0.336 e. The van der Waals surface area contributed by atoms with Crippen molar-refractivity contribution in [2.75, 3.05) is 0 Å². The van der Waals surface area contributed by atoms with E-state index in [2.05, 4.69) is 0 Å². The predicted molar refractivity (Wildman–Crippen MR) is 131 cm³/mol. The first kappa shape index (κ1) is 23.2. The van der Waals surface area contributed by atoms with E-state index in [0.29, 0.717) is 17.7 Å². The summed E-state index contributed by atoms with van der Waals surface area (Å²) in [6.45, 7) is 2.47. The highest BCUT2D eigenvalue weighted by Gasteiger charge is 2.20. The highest BCUT2D eigenvalue weighted by Crippen LogP contribution is 2.24. The van der Waals surface area contributed by atoms with E-state index in [0.717, 1.165) is 29.5 Å². The average molecular weight is 459 g/mol. The molecule has 0 amide bonds. The first-order valence-corrected chi connectivity index (χ1v) is 11.4. The van der Waals surface area contributed by atoms with Crippen LogP contribution in [0.25, 0.3) is 11.1 Å². The number of halogens is 1. The van der Waals surface area contributed by atoms with Gasteiger partial charge in [-0.05, 0) is 41.2 Å². The molecule has 174 valence electrons. The number of carboxylic acid groups (broad SMARTS) is 1. The second-order valence-electron chi connectivity index (χ2n) is 8.33. The van der Waals surface area contributed by atoms with E-state index in [1.807, 2.05) is 61.5 Å². The second-order valence-corrected chi connectivity index (χ2v) is 8.33. The van der Waals surface area contributed by atoms with Crippen LogP contribution in [-0.2, 0) is 19.5 Å². The highest BCUT2D eigenvalue weighted by molar-refractivity contribution is 5.95. The first-order valence-electron chi connectivity index (χ1n) is 11.4. The molecule has 5 nitrogen and oxygen atoms in total. The summed E-state index contributed by atoms with van der Waals surface area (Å²) < 4.78 is 18.1. The third kappa shape index (κ3) is 4.86. The zero-order valence-corrected chi connectivity index (χ0v) is 19.1. The lowest BCUT2D eigenvalue weighted by Crippen LogP contribution is -2.26. The Morgan fingerprint density at radius 1 is 0.853 bits per heavy atom. The number of imidazole rings is 1. The summed E-state index contributed by atoms with van der Waals surface area (Å²) in [5.41, 5.74) is 3.39. The fourth-order valence-corrected chi connectivity index (χ4v) is 4.15. The summed E-state index contributed by atoms with van der Waals surface area (Å²) in [5, 5.41) is 9.47. The minimum Gasteiger partial charge on any atom is -0.478 e. The molecule has 0 aliphatic carbocycles. The minimum atomic E-state index is -0.984. The highest BCUT2D eigenvalue weighted by atomic mass is 19.1. The molecule has 3 aromatic carbocycles. The van der Waals surface area contributed by atoms with Crippen LogP contribution in [0.15, 0.2) is 83.7 Å². The molecule has 0 fully saturated rings. The largest absolute Gasteiger partial charge is 0.478 e. The van der Waals surface area contributed by atoms with Crippen molar-refractivity contribution < 1.29 is 14.3 Å². The number of hydrogen-bond donors (Lipinski definition) is 1. The molecule has 34 heavy (non-hydrogen) atoms. The van der Waals surface area contributed by atoms with E-state index in [1.54, 1.807) is 24.3 Å². The zero-order valence-electron chi connectivity index (χ0n) is 19.1. The van der Waals surface area contributed by atoms with Crippen LogP contribution in [-0.4, -0.2) is 20.2 Å². The van der Waals surface area contributed by atoms with Crippen LogP contribution in [0.3, 0.4) is 0 Å². The number of rotatable bonds is 9. The predicted octanol–water partition coefficient (Wildman–Crippen LogP) is 5.59. The van der Waals surface area contributed by atoms with Crippen molar-refractivity contribution in [2.24, 2.45) is 0 Å². The van der Waals surface area contributed by atoms with Crippen LogP contribution in [0.2, 0.25) is 0 Å². The molecule has 1 aromatic heterocycles. The van der Waals surface area contributed by atoms with Crippen LogP contribution in [0.4, 0.5) is 4.39 Å². The molecule has 0 bridgehead atoms. The molecular weight excluding hydrogens is 431 g/mol. The Bertz CT molecular complexity index is 1340. The summed E-state index contributed by atoms with van der Waals surface area (Å²) in [6, 6.07) is 23.6. The first-order chi connectivity index (χ1) is 16.5. The molecule has 0 unspecified atom stereocenters. The van der Waals surface area contributed by atoms with Gasteiger partial charge in [-0.3, -0.25) is 9.13 Å². The van der Waals surface area contributed by atoms with Gasteiger partial charge in [0.1, 0.15) is 0 Å². The molecule has 0 aliphatic rings. The number of carboxylic acids is 1. The van der Waals surface area contributed by atoms with E-state index in [4.69, 9.17) is 0 Å². The third-order valence-corrected chi connectivity index (χ3v) is 5.98. The zero-order chi connectivity index (χ0) is 24.1. The van der Waals surface area contributed by atoms with E-state index in [1.165, 1.54) is 9.13 Å². The number of aromatic carboxylic acids is 1. The molecule has 1 heterocycles. The lowest BCUT2D eigenvalue weighted by atomic mass is 9.99. The molecule has 6 heteroatoms. The van der Waals surface area contributed by atoms with Crippen LogP contribution >= 0.6 is 0 Å². The van der Waals surface area contributed by atoms with Gasteiger partial charge in [-0.15, -0.1) is 0 Å². The van der Waals surface area contributed by atoms with Crippen LogP contribution in [0.1, 0.15) is 46.9 Å². The van der Waals surface area contributed by atoms with Gasteiger partial charge in [0.15, 0.2) is 0 Å². The number of unbranched alkanes of at least 4 members (excludes halogenated alkanes) is 1. The average Bonchev–Trinajstić information content (AvgIpc) is 3.07. The Labute approximate surface area is 197 Å². The Morgan fingerprint density at radius 2 is 1.47 bits per heavy atom. The molecule has 0 spiro atoms. The normalized spacial score (nSPS) is 11.0. The monoisotopic (exact) mass is 458 g/mol. The summed E-state index contributed by atoms with van der Waals surface area (Å²) in [7, 11) is 0. The van der Waals surface area contributed by atoms with Crippen LogP contribution < -0.4 is 5.69 Å². The molecule has 0 atom stereocenters. The standard InChI is InChI=1S/C28H27FN2O3/c1-2-3-13-25-26(29)31(19-20-9-5-4-6-10-20)28(34)30(25)18-21-14-16-22(17-15-21)23-11-7-8-12-24(23)27(32)33/h4-12,14-17H,2-3,13,18-19H2,1H3,(H,32,33). The smallest absolute Gasteiger partial charge is 0.336 e. The van der Waals surface area contributed by atoms with Crippen LogP contribution in [0.5, 0.6) is 0 Å². The molecule has 0 saturated carbocycles. The summed E-state index contributed by atoms with van der Waals surface area (Å²) in [6.07, 6.45) is 2.18. The van der Waals surface area contributed by atoms with Crippen LogP contribution in [0, 0.1) is 5.95 Å². The minimum absolute atomic E-state index is 0.183. The number of aromatic nitrogens is 2. The molecule has 4 rings (SSSR count). The Kier molecular flexibility index (Phi) is 7.07. The molecule has 0 saturated heterocycles. The SMILES string of the molecule is CCCCc1c(F)n(Cc2ccccc2)c(=O)n1Cc1ccc(-c2ccccc2C(=O)O)cc1. The molecule has 0 aliphatic heterocycles. The third-order valence-electron chi connectivity index (χ3n) is 5.98. The number of hydrogen-bond acceptors (Lipinski definition) is 2. The van der Waals surface area contributed by atoms with Gasteiger partial charge < -0.3 is 5.11 Å². The molecular formula is C28H27FN2O3. The quantitative estimate of drug-likeness (QED) is 0.355. The fraction of sp³-hybridized carbons (Fsp3) is 0.214. The van der Waals surface area contributed by atoms with E-state index in [-0.39, 0.29) is 24.3 Å². The van der Waals surface area contributed by atoms with Crippen molar-refractivity contribution in [1.29, 1.82) is 0 Å². The summed E-state index contributed by atoms with van der Waals surface area (Å²) >= 11 is 0. The number of carbonyl (C=O) groups is 1. The Balaban J connectivity index is 1.66. The fourth-order valence-electron chi connectivity index (χ4n) is 4.15. The van der Waals surface area contributed by atoms with Crippen molar-refractivity contribution in [1.82, 2.24) is 9.13 Å². The van der Waals surface area contributed by atoms with Gasteiger partial charge in [0, 0.05) is 0 Å². The van der Waals surface area contributed by atoms with Gasteiger partial charge in [-0.1, -0.05) is 86.1 Å². The lowest BCUT2D eigenvalue weighted by Gasteiger charge is -2.09. The van der Waals surface area contributed by atoms with Gasteiger partial charge >= 0.3 is 11.7 Å². The van der Waals surface area contributed by atoms with Crippen molar-refractivity contribution in [3.8, 4) is 11.1 Å². The van der Waals surface area contributed by atoms with Gasteiger partial charge in [0.05, 0.1) is 24.3 Å². The van der Waals surface area contributed by atoms with E-state index < -0.39 is 11.9 Å². The van der Waals surface area contributed by atoms with Gasteiger partial charge in [-0.2, -0.15) is 4.39 Å². The molecule has 0 radical (unpaired) electrons. The summed E-state index contributed by atoms with van der Waals surface area (Å²) in [4.78, 5) is 24.8. The topological polar surface area (TPSA) is 64.2 Å². The number of benzene rings is 3. The molecule has 4 aromatic rings. The maximum atomic E-state index is 15.4. The van der Waals surface area contributed by atoms with E-state index >= 15 is 4.39 Å². The molecule has 1 N–H and O–H groups in total. The van der Waals surface area contributed by atoms with Crippen molar-refractivity contribution >= 4 is 5.97 Å². The lowest BCUT2D eigenvalue weighted by molar-refractivity contribution is 0.0697. The van der Waals surface area contributed by atoms with Crippen molar-refractivity contribution in [2.45, 2.75) is 39.3 Å². The van der Waals surface area contributed by atoms with Gasteiger partial charge in [0.25, 0.3) is 0 Å². The Morgan fingerprint density at radius 3 is 2.15 bits per heavy atom. The van der Waals surface area contributed by atoms with E-state index in [9.17, 15) is 14.7 Å². The number of nitrogens with zero attached hydrogens (tertiary/aromatic N) is 2. The van der Waals surface area contributed by atoms with Crippen molar-refractivity contribution in [3.05, 3.63) is 118 Å². The summed E-state index contributed by atoms with van der Waals surface area (Å²) in [5.74, 6) is -1.46.